The van der Waals surface area contributed by atoms with Crippen molar-refractivity contribution in [2.75, 3.05) is 20.2 Å². The highest BCUT2D eigenvalue weighted by atomic mass is 16.5. The second kappa shape index (κ2) is 6.13. The van der Waals surface area contributed by atoms with E-state index in [1.54, 1.807) is 7.05 Å². The summed E-state index contributed by atoms with van der Waals surface area (Å²) in [7, 11) is 1.70. The average molecular weight is 236 g/mol. The summed E-state index contributed by atoms with van der Waals surface area (Å²) in [5.74, 6) is 0.916. The first-order chi connectivity index (χ1) is 8.04. The van der Waals surface area contributed by atoms with Gasteiger partial charge in [-0.25, -0.2) is 4.79 Å². The molecule has 4 heteroatoms. The molecule has 2 amide bonds. The standard InChI is InChI=1S/C13H20N2O2/c1-4-17-12-6-5-11(9-10(12)2)7-8-15(3)13(14)16/h5-6,9H,4,7-8H2,1-3H3,(H2,14,16). The monoisotopic (exact) mass is 236 g/mol. The number of rotatable bonds is 5. The van der Waals surface area contributed by atoms with E-state index in [0.29, 0.717) is 13.2 Å². The van der Waals surface area contributed by atoms with Crippen LogP contribution in [0.4, 0.5) is 4.79 Å². The molecule has 0 bridgehead atoms. The molecule has 0 spiro atoms. The normalized spacial score (nSPS) is 10.1. The molecule has 0 saturated carbocycles. The Morgan fingerprint density at radius 1 is 1.47 bits per heavy atom. The summed E-state index contributed by atoms with van der Waals surface area (Å²) in [6, 6.07) is 5.68. The number of carbonyl (C=O) groups excluding carboxylic acids is 1. The van der Waals surface area contributed by atoms with Crippen LogP contribution in [0.1, 0.15) is 18.1 Å². The number of carbonyl (C=O) groups is 1. The minimum atomic E-state index is -0.396. The number of urea groups is 1. The summed E-state index contributed by atoms with van der Waals surface area (Å²) in [6.07, 6.45) is 0.798. The van der Waals surface area contributed by atoms with Crippen molar-refractivity contribution in [1.29, 1.82) is 0 Å². The van der Waals surface area contributed by atoms with E-state index in [1.807, 2.05) is 26.0 Å². The van der Waals surface area contributed by atoms with E-state index in [1.165, 1.54) is 10.5 Å². The van der Waals surface area contributed by atoms with Crippen LogP contribution in [0.25, 0.3) is 0 Å². The van der Waals surface area contributed by atoms with Crippen molar-refractivity contribution in [1.82, 2.24) is 4.90 Å². The number of nitrogens with two attached hydrogens (primary N) is 1. The van der Waals surface area contributed by atoms with Crippen molar-refractivity contribution in [2.45, 2.75) is 20.3 Å². The summed E-state index contributed by atoms with van der Waals surface area (Å²) < 4.78 is 5.47. The molecule has 94 valence electrons. The maximum atomic E-state index is 10.9. The quantitative estimate of drug-likeness (QED) is 0.849. The lowest BCUT2D eigenvalue weighted by atomic mass is 10.1. The Hall–Kier alpha value is -1.71. The van der Waals surface area contributed by atoms with Gasteiger partial charge in [-0.05, 0) is 37.5 Å². The lowest BCUT2D eigenvalue weighted by Gasteiger charge is -2.14. The minimum absolute atomic E-state index is 0.396. The van der Waals surface area contributed by atoms with E-state index in [4.69, 9.17) is 10.5 Å². The molecule has 1 aromatic carbocycles. The third-order valence-corrected chi connectivity index (χ3v) is 2.65. The topological polar surface area (TPSA) is 55.6 Å². The van der Waals surface area contributed by atoms with E-state index in [9.17, 15) is 4.79 Å². The van der Waals surface area contributed by atoms with Crippen LogP contribution in [0.3, 0.4) is 0 Å². The van der Waals surface area contributed by atoms with Crippen molar-refractivity contribution < 1.29 is 9.53 Å². The molecule has 17 heavy (non-hydrogen) atoms. The predicted molar refractivity (Wildman–Crippen MR) is 68.3 cm³/mol. The Bertz CT molecular complexity index is 391. The van der Waals surface area contributed by atoms with Crippen LogP contribution in [0.2, 0.25) is 0 Å². The van der Waals surface area contributed by atoms with E-state index >= 15 is 0 Å². The van der Waals surface area contributed by atoms with Crippen molar-refractivity contribution in [3.05, 3.63) is 29.3 Å². The lowest BCUT2D eigenvalue weighted by Crippen LogP contribution is -2.33. The fourth-order valence-electron chi connectivity index (χ4n) is 1.59. The van der Waals surface area contributed by atoms with E-state index < -0.39 is 6.03 Å². The SMILES string of the molecule is CCOc1ccc(CCN(C)C(N)=O)cc1C. The van der Waals surface area contributed by atoms with Gasteiger partial charge in [-0.3, -0.25) is 0 Å². The molecule has 0 fully saturated rings. The summed E-state index contributed by atoms with van der Waals surface area (Å²) in [6.45, 7) is 5.29. The summed E-state index contributed by atoms with van der Waals surface area (Å²) in [5.41, 5.74) is 7.46. The number of primary amides is 1. The number of likely N-dealkylation sites (N-methyl/N-ethyl adjacent to an activating group) is 1. The van der Waals surface area contributed by atoms with Gasteiger partial charge in [0.15, 0.2) is 0 Å². The molecular weight excluding hydrogens is 216 g/mol. The van der Waals surface area contributed by atoms with E-state index in [2.05, 4.69) is 6.07 Å². The van der Waals surface area contributed by atoms with Gasteiger partial charge in [-0.15, -0.1) is 0 Å². The molecule has 0 aromatic heterocycles. The number of nitrogens with zero attached hydrogens (tertiary/aromatic N) is 1. The predicted octanol–water partition coefficient (Wildman–Crippen LogP) is 1.95. The molecule has 1 aromatic rings. The molecule has 0 aliphatic carbocycles. The van der Waals surface area contributed by atoms with Crippen LogP contribution in [-0.2, 0) is 6.42 Å². The summed E-state index contributed by atoms with van der Waals surface area (Å²) in [4.78, 5) is 12.4. The van der Waals surface area contributed by atoms with Gasteiger partial charge < -0.3 is 15.4 Å². The van der Waals surface area contributed by atoms with Crippen molar-refractivity contribution in [2.24, 2.45) is 5.73 Å². The van der Waals surface area contributed by atoms with Crippen LogP contribution < -0.4 is 10.5 Å². The highest BCUT2D eigenvalue weighted by molar-refractivity contribution is 5.71. The molecule has 0 unspecified atom stereocenters. The number of hydrogen-bond acceptors (Lipinski definition) is 2. The van der Waals surface area contributed by atoms with Crippen LogP contribution in [0.15, 0.2) is 18.2 Å². The fraction of sp³-hybridized carbons (Fsp3) is 0.462. The molecule has 0 aliphatic rings. The molecule has 4 nitrogen and oxygen atoms in total. The van der Waals surface area contributed by atoms with Gasteiger partial charge in [0.05, 0.1) is 6.61 Å². The number of ether oxygens (including phenoxy) is 1. The zero-order chi connectivity index (χ0) is 12.8. The van der Waals surface area contributed by atoms with Crippen LogP contribution in [-0.4, -0.2) is 31.1 Å². The number of benzene rings is 1. The highest BCUT2D eigenvalue weighted by Crippen LogP contribution is 2.19. The van der Waals surface area contributed by atoms with Gasteiger partial charge in [-0.2, -0.15) is 0 Å². The second-order valence-electron chi connectivity index (χ2n) is 4.04. The van der Waals surface area contributed by atoms with Crippen LogP contribution in [0.5, 0.6) is 5.75 Å². The van der Waals surface area contributed by atoms with Gasteiger partial charge in [0, 0.05) is 13.6 Å². The Balaban J connectivity index is 2.61. The largest absolute Gasteiger partial charge is 0.494 e. The molecule has 0 saturated heterocycles. The maximum Gasteiger partial charge on any atom is 0.314 e. The van der Waals surface area contributed by atoms with Crippen LogP contribution >= 0.6 is 0 Å². The third kappa shape index (κ3) is 3.98. The Kier molecular flexibility index (Phi) is 4.82. The van der Waals surface area contributed by atoms with Gasteiger partial charge >= 0.3 is 6.03 Å². The van der Waals surface area contributed by atoms with Crippen molar-refractivity contribution in [3.63, 3.8) is 0 Å². The van der Waals surface area contributed by atoms with Crippen molar-refractivity contribution >= 4 is 6.03 Å². The maximum absolute atomic E-state index is 10.9. The minimum Gasteiger partial charge on any atom is -0.494 e. The summed E-state index contributed by atoms with van der Waals surface area (Å²) in [5, 5.41) is 0. The first kappa shape index (κ1) is 13.4. The van der Waals surface area contributed by atoms with Gasteiger partial charge in [0.25, 0.3) is 0 Å². The third-order valence-electron chi connectivity index (χ3n) is 2.65. The van der Waals surface area contributed by atoms with Gasteiger partial charge in [0.1, 0.15) is 5.75 Å². The second-order valence-corrected chi connectivity index (χ2v) is 4.04. The Morgan fingerprint density at radius 2 is 2.18 bits per heavy atom. The Morgan fingerprint density at radius 3 is 2.71 bits per heavy atom. The highest BCUT2D eigenvalue weighted by Gasteiger charge is 2.05. The van der Waals surface area contributed by atoms with Crippen molar-refractivity contribution in [3.8, 4) is 5.75 Å². The van der Waals surface area contributed by atoms with Gasteiger partial charge in [-0.1, -0.05) is 12.1 Å². The Labute approximate surface area is 102 Å². The number of amides is 2. The molecular formula is C13H20N2O2. The zero-order valence-electron chi connectivity index (χ0n) is 10.7. The summed E-state index contributed by atoms with van der Waals surface area (Å²) >= 11 is 0. The first-order valence-electron chi connectivity index (χ1n) is 5.77. The molecule has 0 aliphatic heterocycles. The van der Waals surface area contributed by atoms with E-state index in [-0.39, 0.29) is 0 Å². The van der Waals surface area contributed by atoms with Gasteiger partial charge in [0.2, 0.25) is 0 Å². The first-order valence-corrected chi connectivity index (χ1v) is 5.77. The van der Waals surface area contributed by atoms with E-state index in [0.717, 1.165) is 17.7 Å². The molecule has 2 N–H and O–H groups in total. The molecule has 0 atom stereocenters. The zero-order valence-corrected chi connectivity index (χ0v) is 10.7. The molecule has 1 rings (SSSR count). The number of aryl methyl sites for hydroxylation is 1. The lowest BCUT2D eigenvalue weighted by molar-refractivity contribution is 0.219. The molecule has 0 heterocycles. The smallest absolute Gasteiger partial charge is 0.314 e. The average Bonchev–Trinajstić information content (AvgIpc) is 2.29. The molecule has 0 radical (unpaired) electrons. The fourth-order valence-corrected chi connectivity index (χ4v) is 1.59. The van der Waals surface area contributed by atoms with Crippen LogP contribution in [0, 0.1) is 6.92 Å². The number of hydrogen-bond donors (Lipinski definition) is 1.